The first-order chi connectivity index (χ1) is 16.2. The maximum Gasteiger partial charge on any atom is 0.263 e. The van der Waals surface area contributed by atoms with Crippen molar-refractivity contribution in [1.29, 1.82) is 0 Å². The number of benzene rings is 3. The summed E-state index contributed by atoms with van der Waals surface area (Å²) in [5, 5.41) is 0. The molecular weight excluding hydrogens is 412 g/mol. The van der Waals surface area contributed by atoms with E-state index < -0.39 is 6.10 Å². The fourth-order valence-corrected chi connectivity index (χ4v) is 4.44. The fourth-order valence-electron chi connectivity index (χ4n) is 4.44. The average molecular weight is 445 g/mol. The summed E-state index contributed by atoms with van der Waals surface area (Å²) in [5.41, 5.74) is 2.55. The third kappa shape index (κ3) is 5.55. The van der Waals surface area contributed by atoms with E-state index in [1.54, 1.807) is 7.11 Å². The first kappa shape index (κ1) is 22.9. The maximum absolute atomic E-state index is 13.3. The van der Waals surface area contributed by atoms with Crippen LogP contribution in [0.1, 0.15) is 30.5 Å². The number of ether oxygens (including phenoxy) is 2. The molecule has 33 heavy (non-hydrogen) atoms. The lowest BCUT2D eigenvalue weighted by molar-refractivity contribution is -0.140. The highest BCUT2D eigenvalue weighted by atomic mass is 16.5. The van der Waals surface area contributed by atoms with Gasteiger partial charge in [0.1, 0.15) is 11.5 Å². The molecule has 0 N–H and O–H groups in total. The van der Waals surface area contributed by atoms with Crippen LogP contribution in [0.25, 0.3) is 0 Å². The van der Waals surface area contributed by atoms with Gasteiger partial charge in [-0.1, -0.05) is 73.7 Å². The molecule has 1 fully saturated rings. The summed E-state index contributed by atoms with van der Waals surface area (Å²) >= 11 is 0. The van der Waals surface area contributed by atoms with Gasteiger partial charge < -0.3 is 14.4 Å². The molecule has 5 nitrogen and oxygen atoms in total. The first-order valence-corrected chi connectivity index (χ1v) is 11.6. The highest BCUT2D eigenvalue weighted by Gasteiger charge is 2.31. The summed E-state index contributed by atoms with van der Waals surface area (Å²) < 4.78 is 11.3. The summed E-state index contributed by atoms with van der Waals surface area (Å²) in [6, 6.07) is 28.8. The smallest absolute Gasteiger partial charge is 0.263 e. The van der Waals surface area contributed by atoms with E-state index in [-0.39, 0.29) is 11.9 Å². The number of rotatable bonds is 8. The predicted molar refractivity (Wildman–Crippen MR) is 131 cm³/mol. The molecule has 3 aromatic rings. The summed E-state index contributed by atoms with van der Waals surface area (Å²) in [7, 11) is 1.62. The molecule has 0 aliphatic carbocycles. The van der Waals surface area contributed by atoms with E-state index in [0.29, 0.717) is 25.3 Å². The zero-order chi connectivity index (χ0) is 23.0. The minimum Gasteiger partial charge on any atom is -0.497 e. The van der Waals surface area contributed by atoms with Gasteiger partial charge in [0.15, 0.2) is 6.10 Å². The van der Waals surface area contributed by atoms with Gasteiger partial charge in [-0.05, 0) is 29.7 Å². The number of amides is 1. The Balaban J connectivity index is 1.43. The van der Waals surface area contributed by atoms with Crippen molar-refractivity contribution in [2.24, 2.45) is 0 Å². The maximum atomic E-state index is 13.3. The number of carbonyl (C=O) groups excluding carboxylic acids is 1. The second-order valence-electron chi connectivity index (χ2n) is 8.28. The van der Waals surface area contributed by atoms with E-state index in [0.717, 1.165) is 18.8 Å². The Morgan fingerprint density at radius 2 is 1.39 bits per heavy atom. The molecule has 1 aliphatic heterocycles. The zero-order valence-corrected chi connectivity index (χ0v) is 19.4. The van der Waals surface area contributed by atoms with Crippen LogP contribution in [0.5, 0.6) is 11.5 Å². The Kier molecular flexibility index (Phi) is 7.63. The zero-order valence-electron chi connectivity index (χ0n) is 19.4. The Hall–Kier alpha value is -3.31. The van der Waals surface area contributed by atoms with Gasteiger partial charge in [-0.15, -0.1) is 0 Å². The van der Waals surface area contributed by atoms with Crippen molar-refractivity contribution in [1.82, 2.24) is 9.80 Å². The van der Waals surface area contributed by atoms with Gasteiger partial charge in [0.25, 0.3) is 5.91 Å². The first-order valence-electron chi connectivity index (χ1n) is 11.6. The molecule has 1 amide bonds. The molecule has 1 atom stereocenters. The van der Waals surface area contributed by atoms with E-state index in [9.17, 15) is 4.79 Å². The third-order valence-corrected chi connectivity index (χ3v) is 6.19. The largest absolute Gasteiger partial charge is 0.497 e. The van der Waals surface area contributed by atoms with Gasteiger partial charge in [0.2, 0.25) is 0 Å². The SMILES string of the molecule is CCC(Oc1cccc(OC)c1)C(=O)N1CCN(C(c2ccccc2)c2ccccc2)CC1. The van der Waals surface area contributed by atoms with Crippen molar-refractivity contribution < 1.29 is 14.3 Å². The van der Waals surface area contributed by atoms with E-state index in [1.165, 1.54) is 11.1 Å². The van der Waals surface area contributed by atoms with Gasteiger partial charge in [0.05, 0.1) is 13.2 Å². The molecule has 0 saturated carbocycles. The van der Waals surface area contributed by atoms with E-state index in [4.69, 9.17) is 9.47 Å². The third-order valence-electron chi connectivity index (χ3n) is 6.19. The van der Waals surface area contributed by atoms with Crippen LogP contribution in [-0.4, -0.2) is 55.1 Å². The van der Waals surface area contributed by atoms with E-state index >= 15 is 0 Å². The summed E-state index contributed by atoms with van der Waals surface area (Å²) in [6.45, 7) is 4.99. The number of carbonyl (C=O) groups is 1. The summed E-state index contributed by atoms with van der Waals surface area (Å²) in [6.07, 6.45) is 0.120. The fraction of sp³-hybridized carbons (Fsp3) is 0.321. The molecule has 1 saturated heterocycles. The standard InChI is InChI=1S/C28H32N2O3/c1-3-26(33-25-16-10-15-24(21-25)32-2)28(31)30-19-17-29(18-20-30)27(22-11-6-4-7-12-22)23-13-8-5-9-14-23/h4-16,21,26-27H,3,17-20H2,1-2H3. The van der Waals surface area contributed by atoms with Crippen LogP contribution in [0, 0.1) is 0 Å². The quantitative estimate of drug-likeness (QED) is 0.501. The van der Waals surface area contributed by atoms with Gasteiger partial charge in [-0.2, -0.15) is 0 Å². The second kappa shape index (κ2) is 11.0. The summed E-state index contributed by atoms with van der Waals surface area (Å²) in [4.78, 5) is 17.7. The molecule has 0 spiro atoms. The number of hydrogen-bond acceptors (Lipinski definition) is 4. The number of hydrogen-bond donors (Lipinski definition) is 0. The Labute approximate surface area is 196 Å². The Morgan fingerprint density at radius 1 is 0.818 bits per heavy atom. The minimum absolute atomic E-state index is 0.0518. The van der Waals surface area contributed by atoms with Crippen molar-refractivity contribution in [2.75, 3.05) is 33.3 Å². The Morgan fingerprint density at radius 3 is 1.94 bits per heavy atom. The Bertz CT molecular complexity index is 978. The highest BCUT2D eigenvalue weighted by Crippen LogP contribution is 2.30. The van der Waals surface area contributed by atoms with E-state index in [1.807, 2.05) is 36.1 Å². The minimum atomic E-state index is -0.498. The van der Waals surface area contributed by atoms with E-state index in [2.05, 4.69) is 65.6 Å². The van der Waals surface area contributed by atoms with Crippen LogP contribution in [0.3, 0.4) is 0 Å². The van der Waals surface area contributed by atoms with Crippen LogP contribution in [0.15, 0.2) is 84.9 Å². The molecule has 0 bridgehead atoms. The average Bonchev–Trinajstić information content (AvgIpc) is 2.89. The molecule has 5 heteroatoms. The lowest BCUT2D eigenvalue weighted by atomic mass is 9.96. The topological polar surface area (TPSA) is 42.0 Å². The van der Waals surface area contributed by atoms with Crippen molar-refractivity contribution in [3.05, 3.63) is 96.1 Å². The van der Waals surface area contributed by atoms with Crippen LogP contribution in [0.4, 0.5) is 0 Å². The number of piperazine rings is 1. The van der Waals surface area contributed by atoms with Crippen molar-refractivity contribution in [3.8, 4) is 11.5 Å². The lowest BCUT2D eigenvalue weighted by Crippen LogP contribution is -2.53. The molecule has 0 radical (unpaired) electrons. The van der Waals surface area contributed by atoms with Crippen molar-refractivity contribution >= 4 is 5.91 Å². The van der Waals surface area contributed by atoms with Crippen LogP contribution < -0.4 is 9.47 Å². The van der Waals surface area contributed by atoms with Gasteiger partial charge in [0, 0.05) is 32.2 Å². The molecular formula is C28H32N2O3. The predicted octanol–water partition coefficient (Wildman–Crippen LogP) is 4.79. The van der Waals surface area contributed by atoms with Gasteiger partial charge >= 0.3 is 0 Å². The molecule has 1 aliphatic rings. The van der Waals surface area contributed by atoms with Crippen molar-refractivity contribution in [3.63, 3.8) is 0 Å². The van der Waals surface area contributed by atoms with Crippen LogP contribution in [0.2, 0.25) is 0 Å². The van der Waals surface area contributed by atoms with Gasteiger partial charge in [-0.25, -0.2) is 0 Å². The number of methoxy groups -OCH3 is 1. The summed E-state index contributed by atoms with van der Waals surface area (Å²) in [5.74, 6) is 1.42. The normalized spacial score (nSPS) is 15.3. The van der Waals surface area contributed by atoms with Gasteiger partial charge in [-0.3, -0.25) is 9.69 Å². The van der Waals surface area contributed by atoms with Crippen molar-refractivity contribution in [2.45, 2.75) is 25.5 Å². The van der Waals surface area contributed by atoms with Crippen LogP contribution >= 0.6 is 0 Å². The molecule has 172 valence electrons. The lowest BCUT2D eigenvalue weighted by Gasteiger charge is -2.40. The molecule has 0 aromatic heterocycles. The molecule has 4 rings (SSSR count). The van der Waals surface area contributed by atoms with Crippen LogP contribution in [-0.2, 0) is 4.79 Å². The molecule has 1 unspecified atom stereocenters. The second-order valence-corrected chi connectivity index (χ2v) is 8.28. The monoisotopic (exact) mass is 444 g/mol. The highest BCUT2D eigenvalue weighted by molar-refractivity contribution is 5.81. The molecule has 3 aromatic carbocycles. The number of nitrogens with zero attached hydrogens (tertiary/aromatic N) is 2. The molecule has 1 heterocycles.